The molecule has 0 atom stereocenters. The van der Waals surface area contributed by atoms with Crippen molar-refractivity contribution < 1.29 is 9.90 Å². The lowest BCUT2D eigenvalue weighted by atomic mass is 9.76. The minimum absolute atomic E-state index is 0.0946. The van der Waals surface area contributed by atoms with E-state index in [0.717, 1.165) is 6.54 Å². The summed E-state index contributed by atoms with van der Waals surface area (Å²) >= 11 is 0. The van der Waals surface area contributed by atoms with E-state index in [9.17, 15) is 4.79 Å². The first-order valence-electron chi connectivity index (χ1n) is 10.8. The maximum atomic E-state index is 10.8. The lowest BCUT2D eigenvalue weighted by Gasteiger charge is -2.39. The third-order valence-corrected chi connectivity index (χ3v) is 8.65. The molecule has 168 valence electrons. The molecule has 3 rings (SSSR count). The summed E-state index contributed by atoms with van der Waals surface area (Å²) in [5, 5.41) is 12.9. The summed E-state index contributed by atoms with van der Waals surface area (Å²) in [5.74, 6) is -0.148. The van der Waals surface area contributed by atoms with E-state index in [0.29, 0.717) is 5.75 Å². The van der Waals surface area contributed by atoms with Crippen LogP contribution in [-0.2, 0) is 10.3 Å². The van der Waals surface area contributed by atoms with Gasteiger partial charge in [-0.1, -0.05) is 112 Å². The van der Waals surface area contributed by atoms with Crippen LogP contribution in [0.25, 0.3) is 0 Å². The molecule has 3 aromatic carbocycles. The molecule has 0 fully saturated rings. The molecule has 5 heteroatoms. The Balaban J connectivity index is 1.98. The number of rotatable bonds is 11. The molecule has 0 bridgehead atoms. The summed E-state index contributed by atoms with van der Waals surface area (Å²) in [6, 6.07) is 29.9. The summed E-state index contributed by atoms with van der Waals surface area (Å²) in [7, 11) is 3.36. The topological polar surface area (TPSA) is 49.3 Å². The van der Waals surface area contributed by atoms with Crippen molar-refractivity contribution >= 4 is 27.6 Å². The minimum atomic E-state index is -0.749. The zero-order valence-electron chi connectivity index (χ0n) is 18.9. The third kappa shape index (κ3) is 6.18. The highest BCUT2D eigenvalue weighted by Gasteiger charge is 2.37. The Morgan fingerprint density at radius 2 is 1.34 bits per heavy atom. The van der Waals surface area contributed by atoms with Crippen molar-refractivity contribution in [2.45, 2.75) is 37.5 Å². The Morgan fingerprint density at radius 3 is 1.84 bits per heavy atom. The van der Waals surface area contributed by atoms with Crippen LogP contribution >= 0.6 is 21.6 Å². The first-order valence-corrected chi connectivity index (χ1v) is 13.1. The van der Waals surface area contributed by atoms with Gasteiger partial charge in [-0.2, -0.15) is 0 Å². The van der Waals surface area contributed by atoms with Gasteiger partial charge in [-0.3, -0.25) is 10.1 Å². The average Bonchev–Trinajstić information content (AvgIpc) is 2.79. The summed E-state index contributed by atoms with van der Waals surface area (Å²) in [5.41, 5.74) is 4.30. The fourth-order valence-corrected chi connectivity index (χ4v) is 6.12. The van der Waals surface area contributed by atoms with E-state index >= 15 is 0 Å². The molecule has 0 amide bonds. The summed E-state index contributed by atoms with van der Waals surface area (Å²) in [6.45, 7) is 7.26. The molecule has 0 unspecified atom stereocenters. The number of aryl methyl sites for hydroxylation is 1. The second kappa shape index (κ2) is 11.1. The quantitative estimate of drug-likeness (QED) is 0.192. The van der Waals surface area contributed by atoms with E-state index in [1.807, 2.05) is 12.1 Å². The van der Waals surface area contributed by atoms with Crippen molar-refractivity contribution in [2.75, 3.05) is 12.3 Å². The van der Waals surface area contributed by atoms with E-state index in [-0.39, 0.29) is 11.2 Å². The van der Waals surface area contributed by atoms with Crippen LogP contribution in [0, 0.1) is 6.92 Å². The molecule has 0 aliphatic rings. The summed E-state index contributed by atoms with van der Waals surface area (Å²) in [4.78, 5) is 10.8. The molecule has 0 spiro atoms. The van der Waals surface area contributed by atoms with Gasteiger partial charge in [-0.15, -0.1) is 0 Å². The Morgan fingerprint density at radius 1 is 0.844 bits per heavy atom. The molecule has 32 heavy (non-hydrogen) atoms. The van der Waals surface area contributed by atoms with Crippen molar-refractivity contribution in [1.82, 2.24) is 5.32 Å². The van der Waals surface area contributed by atoms with Crippen LogP contribution in [0.4, 0.5) is 0 Å². The molecule has 0 aromatic heterocycles. The number of carbonyl (C=O) groups is 1. The zero-order chi connectivity index (χ0) is 23.0. The van der Waals surface area contributed by atoms with Crippen LogP contribution in [0.3, 0.4) is 0 Å². The molecule has 3 aromatic rings. The van der Waals surface area contributed by atoms with E-state index < -0.39 is 11.5 Å². The maximum Gasteiger partial charge on any atom is 0.304 e. The number of nitrogens with one attached hydrogen (secondary N) is 1. The lowest BCUT2D eigenvalue weighted by Crippen LogP contribution is -2.49. The Hall–Kier alpha value is -2.21. The van der Waals surface area contributed by atoms with E-state index in [4.69, 9.17) is 5.11 Å². The maximum absolute atomic E-state index is 10.8. The van der Waals surface area contributed by atoms with Crippen LogP contribution in [0.2, 0.25) is 0 Å². The van der Waals surface area contributed by atoms with Crippen LogP contribution in [0.15, 0.2) is 84.9 Å². The molecule has 0 saturated carbocycles. The number of hydrogen-bond acceptors (Lipinski definition) is 4. The number of hydrogen-bond donors (Lipinski definition) is 2. The SMILES string of the molecule is Cc1ccc(C(NCC(C)(C)SSCCC(=O)O)(c2ccccc2)c2ccccc2)cc1. The van der Waals surface area contributed by atoms with Gasteiger partial charge in [-0.25, -0.2) is 0 Å². The highest BCUT2D eigenvalue weighted by atomic mass is 33.1. The van der Waals surface area contributed by atoms with Crippen LogP contribution in [0.5, 0.6) is 0 Å². The number of carboxylic acids is 1. The first-order chi connectivity index (χ1) is 15.3. The van der Waals surface area contributed by atoms with Crippen molar-refractivity contribution in [3.8, 4) is 0 Å². The average molecular weight is 466 g/mol. The van der Waals surface area contributed by atoms with Gasteiger partial charge in [0.2, 0.25) is 0 Å². The molecule has 0 saturated heterocycles. The molecule has 0 aliphatic heterocycles. The monoisotopic (exact) mass is 465 g/mol. The van der Waals surface area contributed by atoms with Crippen LogP contribution < -0.4 is 5.32 Å². The number of carboxylic acid groups (broad SMARTS) is 1. The Kier molecular flexibility index (Phi) is 8.46. The minimum Gasteiger partial charge on any atom is -0.481 e. The molecule has 2 N–H and O–H groups in total. The molecule has 0 radical (unpaired) electrons. The second-order valence-corrected chi connectivity index (χ2v) is 11.6. The van der Waals surface area contributed by atoms with Gasteiger partial charge in [0.05, 0.1) is 12.0 Å². The predicted octanol–water partition coefficient (Wildman–Crippen LogP) is 6.51. The smallest absolute Gasteiger partial charge is 0.304 e. The van der Waals surface area contributed by atoms with Gasteiger partial charge in [0.15, 0.2) is 0 Å². The van der Waals surface area contributed by atoms with Crippen LogP contribution in [0.1, 0.15) is 42.5 Å². The lowest BCUT2D eigenvalue weighted by molar-refractivity contribution is -0.136. The van der Waals surface area contributed by atoms with E-state index in [1.54, 1.807) is 21.6 Å². The van der Waals surface area contributed by atoms with E-state index in [1.165, 1.54) is 22.3 Å². The molecule has 0 aliphatic carbocycles. The van der Waals surface area contributed by atoms with Crippen molar-refractivity contribution in [1.29, 1.82) is 0 Å². The van der Waals surface area contributed by atoms with Crippen molar-refractivity contribution in [3.63, 3.8) is 0 Å². The number of benzene rings is 3. The zero-order valence-corrected chi connectivity index (χ0v) is 20.5. The summed E-state index contributed by atoms with van der Waals surface area (Å²) in [6.07, 6.45) is 0.183. The normalized spacial score (nSPS) is 12.0. The molecular formula is C27H31NO2S2. The standard InChI is InChI=1S/C27H31NO2S2/c1-21-14-16-24(17-15-21)27(22-10-6-4-7-11-22,23-12-8-5-9-13-23)28-20-26(2,3)32-31-19-18-25(29)30/h4-17,28H,18-20H2,1-3H3,(H,29,30). The van der Waals surface area contributed by atoms with Gasteiger partial charge in [0.25, 0.3) is 0 Å². The van der Waals surface area contributed by atoms with Gasteiger partial charge in [-0.05, 0) is 37.5 Å². The Labute approximate surface area is 199 Å². The number of aliphatic carboxylic acids is 1. The van der Waals surface area contributed by atoms with Crippen LogP contribution in [-0.4, -0.2) is 28.1 Å². The summed E-state index contributed by atoms with van der Waals surface area (Å²) < 4.78 is -0.0946. The van der Waals surface area contributed by atoms with Gasteiger partial charge in [0.1, 0.15) is 0 Å². The first kappa shape index (κ1) is 24.4. The fourth-order valence-electron chi connectivity index (χ4n) is 3.69. The molecule has 3 nitrogen and oxygen atoms in total. The predicted molar refractivity (Wildman–Crippen MR) is 138 cm³/mol. The van der Waals surface area contributed by atoms with Crippen molar-refractivity contribution in [3.05, 3.63) is 107 Å². The highest BCUT2D eigenvalue weighted by Crippen LogP contribution is 2.40. The largest absolute Gasteiger partial charge is 0.481 e. The van der Waals surface area contributed by atoms with E-state index in [2.05, 4.69) is 98.9 Å². The van der Waals surface area contributed by atoms with Gasteiger partial charge in [0, 0.05) is 17.0 Å². The van der Waals surface area contributed by atoms with Gasteiger partial charge < -0.3 is 5.11 Å². The molecular weight excluding hydrogens is 434 g/mol. The Bertz CT molecular complexity index is 950. The van der Waals surface area contributed by atoms with Gasteiger partial charge >= 0.3 is 5.97 Å². The van der Waals surface area contributed by atoms with Crippen molar-refractivity contribution in [2.24, 2.45) is 0 Å². The highest BCUT2D eigenvalue weighted by molar-refractivity contribution is 8.77. The fraction of sp³-hybridized carbons (Fsp3) is 0.296. The molecule has 0 heterocycles. The second-order valence-electron chi connectivity index (χ2n) is 8.51. The third-order valence-electron chi connectivity index (χ3n) is 5.36.